The van der Waals surface area contributed by atoms with Gasteiger partial charge in [-0.25, -0.2) is 8.42 Å². The standard InChI is InChI=1S/C13H16ClN3O2S/c14-8-1-2-10-20(18,19)17-12-5-3-11(4-6-12)13-7-9-15-16-13/h3-7,9,17H,1-2,8,10H2,(H,15,16). The van der Waals surface area contributed by atoms with Crippen molar-refractivity contribution in [3.63, 3.8) is 0 Å². The van der Waals surface area contributed by atoms with Gasteiger partial charge in [-0.05, 0) is 36.6 Å². The average Bonchev–Trinajstić information content (AvgIpc) is 2.93. The van der Waals surface area contributed by atoms with E-state index in [0.29, 0.717) is 24.4 Å². The summed E-state index contributed by atoms with van der Waals surface area (Å²) in [6.45, 7) is 0. The zero-order valence-corrected chi connectivity index (χ0v) is 12.4. The number of aromatic nitrogens is 2. The zero-order valence-electron chi connectivity index (χ0n) is 10.8. The number of anilines is 1. The summed E-state index contributed by atoms with van der Waals surface area (Å²) in [4.78, 5) is 0. The maximum absolute atomic E-state index is 11.8. The fraction of sp³-hybridized carbons (Fsp3) is 0.308. The number of benzene rings is 1. The molecule has 7 heteroatoms. The molecule has 2 rings (SSSR count). The van der Waals surface area contributed by atoms with Crippen LogP contribution in [0.15, 0.2) is 36.5 Å². The highest BCUT2D eigenvalue weighted by atomic mass is 35.5. The number of nitrogens with one attached hydrogen (secondary N) is 2. The van der Waals surface area contributed by atoms with Crippen LogP contribution in [-0.4, -0.2) is 30.2 Å². The van der Waals surface area contributed by atoms with Crippen molar-refractivity contribution in [3.8, 4) is 11.3 Å². The molecule has 0 amide bonds. The van der Waals surface area contributed by atoms with Gasteiger partial charge in [-0.1, -0.05) is 12.1 Å². The van der Waals surface area contributed by atoms with Gasteiger partial charge in [-0.2, -0.15) is 5.10 Å². The minimum Gasteiger partial charge on any atom is -0.284 e. The maximum Gasteiger partial charge on any atom is 0.232 e. The van der Waals surface area contributed by atoms with Gasteiger partial charge in [0.1, 0.15) is 0 Å². The van der Waals surface area contributed by atoms with Gasteiger partial charge in [0.15, 0.2) is 0 Å². The Kier molecular flexibility index (Phi) is 5.03. The van der Waals surface area contributed by atoms with E-state index in [1.165, 1.54) is 0 Å². The second-order valence-electron chi connectivity index (χ2n) is 4.36. The molecule has 0 bridgehead atoms. The lowest BCUT2D eigenvalue weighted by atomic mass is 10.1. The smallest absolute Gasteiger partial charge is 0.232 e. The molecule has 5 nitrogen and oxygen atoms in total. The van der Waals surface area contributed by atoms with Gasteiger partial charge in [-0.3, -0.25) is 9.82 Å². The third kappa shape index (κ3) is 4.25. The third-order valence-electron chi connectivity index (χ3n) is 2.77. The summed E-state index contributed by atoms with van der Waals surface area (Å²) in [7, 11) is -3.30. The van der Waals surface area contributed by atoms with Crippen molar-refractivity contribution in [2.45, 2.75) is 12.8 Å². The molecular formula is C13H16ClN3O2S. The Morgan fingerprint density at radius 2 is 1.90 bits per heavy atom. The first-order valence-corrected chi connectivity index (χ1v) is 8.46. The lowest BCUT2D eigenvalue weighted by Gasteiger charge is -2.08. The van der Waals surface area contributed by atoms with E-state index >= 15 is 0 Å². The first-order valence-electron chi connectivity index (χ1n) is 6.27. The molecule has 20 heavy (non-hydrogen) atoms. The van der Waals surface area contributed by atoms with E-state index in [4.69, 9.17) is 11.6 Å². The molecular weight excluding hydrogens is 298 g/mol. The first-order chi connectivity index (χ1) is 9.61. The number of aromatic amines is 1. The molecule has 0 unspecified atom stereocenters. The SMILES string of the molecule is O=S(=O)(CCCCCl)Nc1ccc(-c2ccn[nH]2)cc1. The van der Waals surface area contributed by atoms with Crippen molar-refractivity contribution in [3.05, 3.63) is 36.5 Å². The van der Waals surface area contributed by atoms with Crippen LogP contribution in [-0.2, 0) is 10.0 Å². The van der Waals surface area contributed by atoms with E-state index in [2.05, 4.69) is 14.9 Å². The normalized spacial score (nSPS) is 11.4. The molecule has 0 aliphatic carbocycles. The quantitative estimate of drug-likeness (QED) is 0.609. The molecule has 1 aromatic heterocycles. The van der Waals surface area contributed by atoms with Gasteiger partial charge in [0.25, 0.3) is 0 Å². The lowest BCUT2D eigenvalue weighted by Crippen LogP contribution is -2.16. The predicted octanol–water partition coefficient (Wildman–Crippen LogP) is 2.84. The van der Waals surface area contributed by atoms with Crippen LogP contribution in [0.2, 0.25) is 0 Å². The Hall–Kier alpha value is -1.53. The van der Waals surface area contributed by atoms with Gasteiger partial charge in [-0.15, -0.1) is 11.6 Å². The summed E-state index contributed by atoms with van der Waals surface area (Å²) in [6.07, 6.45) is 2.93. The van der Waals surface area contributed by atoms with Gasteiger partial charge >= 0.3 is 0 Å². The van der Waals surface area contributed by atoms with E-state index in [-0.39, 0.29) is 5.75 Å². The summed E-state index contributed by atoms with van der Waals surface area (Å²) in [5.74, 6) is 0.566. The van der Waals surface area contributed by atoms with Crippen molar-refractivity contribution >= 4 is 27.3 Å². The number of rotatable bonds is 7. The molecule has 0 atom stereocenters. The fourth-order valence-electron chi connectivity index (χ4n) is 1.75. The summed E-state index contributed by atoms with van der Waals surface area (Å²) >= 11 is 5.53. The predicted molar refractivity (Wildman–Crippen MR) is 81.4 cm³/mol. The van der Waals surface area contributed by atoms with Gasteiger partial charge in [0.2, 0.25) is 10.0 Å². The molecule has 0 radical (unpaired) electrons. The number of H-pyrrole nitrogens is 1. The van der Waals surface area contributed by atoms with Crippen molar-refractivity contribution in [1.29, 1.82) is 0 Å². The Labute approximate surface area is 123 Å². The van der Waals surface area contributed by atoms with Crippen LogP contribution in [0.3, 0.4) is 0 Å². The number of sulfonamides is 1. The Bertz CT molecular complexity index is 624. The third-order valence-corrected chi connectivity index (χ3v) is 4.41. The molecule has 0 saturated carbocycles. The van der Waals surface area contributed by atoms with Crippen LogP contribution < -0.4 is 4.72 Å². The summed E-state index contributed by atoms with van der Waals surface area (Å²) < 4.78 is 26.2. The van der Waals surface area contributed by atoms with Gasteiger partial charge in [0.05, 0.1) is 11.4 Å². The Morgan fingerprint density at radius 3 is 2.50 bits per heavy atom. The molecule has 0 spiro atoms. The molecule has 1 aromatic carbocycles. The highest BCUT2D eigenvalue weighted by Crippen LogP contribution is 2.19. The highest BCUT2D eigenvalue weighted by Gasteiger charge is 2.10. The van der Waals surface area contributed by atoms with Crippen LogP contribution in [0.1, 0.15) is 12.8 Å². The van der Waals surface area contributed by atoms with Gasteiger partial charge in [0, 0.05) is 17.8 Å². The molecule has 0 aliphatic rings. The molecule has 0 saturated heterocycles. The first kappa shape index (κ1) is 14.9. The van der Waals surface area contributed by atoms with Crippen LogP contribution in [0.4, 0.5) is 5.69 Å². The number of hydrogen-bond donors (Lipinski definition) is 2. The second-order valence-corrected chi connectivity index (χ2v) is 6.58. The minimum absolute atomic E-state index is 0.0853. The summed E-state index contributed by atoms with van der Waals surface area (Å²) in [6, 6.07) is 8.99. The maximum atomic E-state index is 11.8. The molecule has 1 heterocycles. The Morgan fingerprint density at radius 1 is 1.15 bits per heavy atom. The van der Waals surface area contributed by atoms with Gasteiger partial charge < -0.3 is 0 Å². The molecule has 108 valence electrons. The van der Waals surface area contributed by atoms with E-state index in [0.717, 1.165) is 11.3 Å². The summed E-state index contributed by atoms with van der Waals surface area (Å²) in [5, 5.41) is 6.73. The van der Waals surface area contributed by atoms with E-state index in [1.54, 1.807) is 18.3 Å². The molecule has 2 N–H and O–H groups in total. The van der Waals surface area contributed by atoms with E-state index < -0.39 is 10.0 Å². The number of unbranched alkanes of at least 4 members (excludes halogenated alkanes) is 1. The van der Waals surface area contributed by atoms with Crippen LogP contribution >= 0.6 is 11.6 Å². The van der Waals surface area contributed by atoms with Crippen LogP contribution in [0.5, 0.6) is 0 Å². The van der Waals surface area contributed by atoms with Crippen molar-refractivity contribution in [2.75, 3.05) is 16.4 Å². The topological polar surface area (TPSA) is 74.8 Å². The Balaban J connectivity index is 2.00. The molecule has 0 aliphatic heterocycles. The largest absolute Gasteiger partial charge is 0.284 e. The second kappa shape index (κ2) is 6.76. The highest BCUT2D eigenvalue weighted by molar-refractivity contribution is 7.92. The van der Waals surface area contributed by atoms with Crippen molar-refractivity contribution in [2.24, 2.45) is 0 Å². The monoisotopic (exact) mass is 313 g/mol. The number of nitrogens with zero attached hydrogens (tertiary/aromatic N) is 1. The minimum atomic E-state index is -3.30. The number of alkyl halides is 1. The van der Waals surface area contributed by atoms with Crippen LogP contribution in [0, 0.1) is 0 Å². The number of halogens is 1. The molecule has 0 fully saturated rings. The fourth-order valence-corrected chi connectivity index (χ4v) is 3.12. The average molecular weight is 314 g/mol. The zero-order chi connectivity index (χ0) is 14.4. The molecule has 2 aromatic rings. The van der Waals surface area contributed by atoms with E-state index in [1.807, 2.05) is 18.2 Å². The van der Waals surface area contributed by atoms with E-state index in [9.17, 15) is 8.42 Å². The van der Waals surface area contributed by atoms with Crippen molar-refractivity contribution in [1.82, 2.24) is 10.2 Å². The van der Waals surface area contributed by atoms with Crippen molar-refractivity contribution < 1.29 is 8.42 Å². The number of hydrogen-bond acceptors (Lipinski definition) is 3. The summed E-state index contributed by atoms with van der Waals surface area (Å²) in [5.41, 5.74) is 2.40. The van der Waals surface area contributed by atoms with Crippen LogP contribution in [0.25, 0.3) is 11.3 Å². The lowest BCUT2D eigenvalue weighted by molar-refractivity contribution is 0.598.